The average molecular weight is 519 g/mol. The number of carbonyl (C=O) groups excluding carboxylic acids is 3. The molecule has 0 saturated heterocycles. The number of hydrogen-bond donors (Lipinski definition) is 4. The highest BCUT2D eigenvalue weighted by Crippen LogP contribution is 2.44. The van der Waals surface area contributed by atoms with Gasteiger partial charge in [-0.3, -0.25) is 20.1 Å². The number of benzene rings is 2. The number of Topliss-reactive ketones (excluding diaryl/α,β-unsaturated/α-hetero) is 1. The summed E-state index contributed by atoms with van der Waals surface area (Å²) in [6, 6.07) is 11.3. The summed E-state index contributed by atoms with van der Waals surface area (Å²) in [5.74, 6) is -0.743. The number of anilines is 1. The molecule has 0 spiro atoms. The third-order valence-electron chi connectivity index (χ3n) is 5.08. The number of aromatic hydroxyl groups is 1. The number of amides is 2. The number of ether oxygens (including phenoxy) is 1. The lowest BCUT2D eigenvalue weighted by molar-refractivity contribution is -0.124. The van der Waals surface area contributed by atoms with Crippen molar-refractivity contribution in [1.82, 2.24) is 5.48 Å². The van der Waals surface area contributed by atoms with Gasteiger partial charge in [0.2, 0.25) is 0 Å². The number of halogens is 1. The summed E-state index contributed by atoms with van der Waals surface area (Å²) < 4.78 is 6.48. The zero-order valence-corrected chi connectivity index (χ0v) is 20.2. The summed E-state index contributed by atoms with van der Waals surface area (Å²) >= 11 is 3.38. The molecule has 0 aliphatic rings. The molecule has 176 valence electrons. The molecule has 1 atom stereocenters. The molecule has 0 saturated carbocycles. The fourth-order valence-corrected chi connectivity index (χ4v) is 3.61. The molecule has 8 nitrogen and oxygen atoms in total. The monoisotopic (exact) mass is 518 g/mol. The van der Waals surface area contributed by atoms with Crippen molar-refractivity contribution in [2.45, 2.75) is 39.7 Å². The third-order valence-corrected chi connectivity index (χ3v) is 5.57. The maximum absolute atomic E-state index is 12.7. The second kappa shape index (κ2) is 11.6. The smallest absolute Gasteiger partial charge is 0.412 e. The van der Waals surface area contributed by atoms with Crippen LogP contribution in [-0.2, 0) is 9.53 Å². The van der Waals surface area contributed by atoms with Gasteiger partial charge in [0, 0.05) is 32.8 Å². The summed E-state index contributed by atoms with van der Waals surface area (Å²) in [5, 5.41) is 21.7. The molecule has 2 aromatic carbocycles. The van der Waals surface area contributed by atoms with Crippen LogP contribution in [0.5, 0.6) is 5.75 Å². The number of phenols is 1. The van der Waals surface area contributed by atoms with Crippen LogP contribution in [0.3, 0.4) is 0 Å². The van der Waals surface area contributed by atoms with E-state index in [2.05, 4.69) is 21.2 Å². The number of allylic oxidation sites excluding steroid dienone is 1. The molecule has 0 unspecified atom stereocenters. The Hall–Kier alpha value is -3.17. The van der Waals surface area contributed by atoms with Crippen LogP contribution >= 0.6 is 15.9 Å². The van der Waals surface area contributed by atoms with E-state index in [9.17, 15) is 19.5 Å². The lowest BCUT2D eigenvalue weighted by atomic mass is 9.78. The first-order valence-corrected chi connectivity index (χ1v) is 11.0. The first-order chi connectivity index (χ1) is 15.5. The Bertz CT molecular complexity index is 1030. The molecule has 0 bridgehead atoms. The fraction of sp³-hybridized carbons (Fsp3) is 0.292. The van der Waals surface area contributed by atoms with E-state index in [4.69, 9.17) is 9.94 Å². The molecule has 0 fully saturated rings. The lowest BCUT2D eigenvalue weighted by Crippen LogP contribution is -2.29. The zero-order valence-electron chi connectivity index (χ0n) is 18.6. The van der Waals surface area contributed by atoms with Gasteiger partial charge < -0.3 is 9.84 Å². The van der Waals surface area contributed by atoms with Gasteiger partial charge in [-0.2, -0.15) is 0 Å². The second-order valence-corrected chi connectivity index (χ2v) is 9.07. The van der Waals surface area contributed by atoms with E-state index in [0.29, 0.717) is 34.1 Å². The molecule has 2 aromatic rings. The molecular weight excluding hydrogens is 492 g/mol. The van der Waals surface area contributed by atoms with Crippen LogP contribution in [0.15, 0.2) is 59.1 Å². The van der Waals surface area contributed by atoms with Crippen LogP contribution < -0.4 is 10.8 Å². The van der Waals surface area contributed by atoms with Crippen molar-refractivity contribution < 1.29 is 29.4 Å². The Morgan fingerprint density at radius 1 is 1.15 bits per heavy atom. The summed E-state index contributed by atoms with van der Waals surface area (Å²) in [7, 11) is 0. The molecule has 0 radical (unpaired) electrons. The minimum Gasteiger partial charge on any atom is -0.508 e. The molecule has 9 heteroatoms. The largest absolute Gasteiger partial charge is 0.508 e. The van der Waals surface area contributed by atoms with E-state index in [1.54, 1.807) is 42.5 Å². The quantitative estimate of drug-likeness (QED) is 0.150. The van der Waals surface area contributed by atoms with Gasteiger partial charge in [-0.1, -0.05) is 35.9 Å². The van der Waals surface area contributed by atoms with E-state index in [-0.39, 0.29) is 11.5 Å². The molecule has 0 aliphatic heterocycles. The molecule has 0 aliphatic carbocycles. The normalized spacial score (nSPS) is 12.3. The zero-order chi connectivity index (χ0) is 24.6. The average Bonchev–Trinajstić information content (AvgIpc) is 2.77. The first kappa shape index (κ1) is 26.1. The van der Waals surface area contributed by atoms with E-state index in [1.165, 1.54) is 24.5 Å². The molecule has 4 N–H and O–H groups in total. The van der Waals surface area contributed by atoms with Crippen molar-refractivity contribution in [2.75, 3.05) is 5.32 Å². The fourth-order valence-electron chi connectivity index (χ4n) is 3.24. The number of carbonyl (C=O) groups is 3. The van der Waals surface area contributed by atoms with Gasteiger partial charge in [-0.15, -0.1) is 0 Å². The predicted octanol–water partition coefficient (Wildman–Crippen LogP) is 5.52. The Balaban J connectivity index is 2.24. The van der Waals surface area contributed by atoms with Gasteiger partial charge in [0.15, 0.2) is 5.78 Å². The number of nitrogens with one attached hydrogen (secondary N) is 2. The molecule has 2 rings (SSSR count). The van der Waals surface area contributed by atoms with Crippen LogP contribution in [0.25, 0.3) is 0 Å². The van der Waals surface area contributed by atoms with Gasteiger partial charge in [-0.25, -0.2) is 10.3 Å². The number of rotatable bonds is 9. The summed E-state index contributed by atoms with van der Waals surface area (Å²) in [6.45, 7) is 5.22. The Morgan fingerprint density at radius 2 is 1.82 bits per heavy atom. The van der Waals surface area contributed by atoms with E-state index >= 15 is 0 Å². The van der Waals surface area contributed by atoms with Crippen molar-refractivity contribution in [1.29, 1.82) is 0 Å². The number of phenolic OH excluding ortho intramolecular Hbond substituents is 1. The van der Waals surface area contributed by atoms with Crippen molar-refractivity contribution in [3.05, 3.63) is 70.2 Å². The van der Waals surface area contributed by atoms with Gasteiger partial charge in [-0.05, 0) is 62.2 Å². The Kier molecular flexibility index (Phi) is 9.19. The van der Waals surface area contributed by atoms with E-state index in [0.717, 1.165) is 0 Å². The molecule has 33 heavy (non-hydrogen) atoms. The number of hydroxylamine groups is 1. The predicted molar refractivity (Wildman–Crippen MR) is 127 cm³/mol. The maximum atomic E-state index is 12.7. The third kappa shape index (κ3) is 7.73. The molecule has 2 amide bonds. The highest BCUT2D eigenvalue weighted by Gasteiger charge is 2.35. The van der Waals surface area contributed by atoms with Crippen LogP contribution in [0, 0.1) is 5.41 Å². The second-order valence-electron chi connectivity index (χ2n) is 8.15. The summed E-state index contributed by atoms with van der Waals surface area (Å²) in [6.07, 6.45) is 2.22. The molecule has 0 heterocycles. The minimum absolute atomic E-state index is 0.0231. The summed E-state index contributed by atoms with van der Waals surface area (Å²) in [4.78, 5) is 35.3. The van der Waals surface area contributed by atoms with E-state index in [1.807, 2.05) is 13.8 Å². The topological polar surface area (TPSA) is 125 Å². The Labute approximate surface area is 200 Å². The van der Waals surface area contributed by atoms with Crippen molar-refractivity contribution in [2.24, 2.45) is 5.41 Å². The van der Waals surface area contributed by atoms with Crippen molar-refractivity contribution in [3.8, 4) is 5.75 Å². The van der Waals surface area contributed by atoms with Crippen molar-refractivity contribution in [3.63, 3.8) is 0 Å². The van der Waals surface area contributed by atoms with Gasteiger partial charge >= 0.3 is 6.09 Å². The van der Waals surface area contributed by atoms with Crippen LogP contribution in [0.2, 0.25) is 0 Å². The maximum Gasteiger partial charge on any atom is 0.412 e. The highest BCUT2D eigenvalue weighted by molar-refractivity contribution is 9.10. The number of hydrogen-bond acceptors (Lipinski definition) is 6. The highest BCUT2D eigenvalue weighted by atomic mass is 79.9. The SMILES string of the molecule is CC(=O)c1ccc(NC(=O)O[C@@H](c2cc(Br)ccc2O)C(C)(C)CC/C=C/C(=O)NO)cc1. The van der Waals surface area contributed by atoms with Gasteiger partial charge in [0.1, 0.15) is 11.9 Å². The van der Waals surface area contributed by atoms with E-state index < -0.39 is 23.5 Å². The number of ketones is 1. The van der Waals surface area contributed by atoms with Gasteiger partial charge in [0.05, 0.1) is 0 Å². The van der Waals surface area contributed by atoms with Crippen LogP contribution in [0.1, 0.15) is 55.6 Å². The minimum atomic E-state index is -0.827. The molecule has 0 aromatic heterocycles. The van der Waals surface area contributed by atoms with Crippen LogP contribution in [-0.4, -0.2) is 28.1 Å². The lowest BCUT2D eigenvalue weighted by Gasteiger charge is -2.34. The Morgan fingerprint density at radius 3 is 2.42 bits per heavy atom. The molecular formula is C24H27BrN2O6. The van der Waals surface area contributed by atoms with Gasteiger partial charge in [0.25, 0.3) is 5.91 Å². The standard InChI is InChI=1S/C24H27BrN2O6/c1-15(28)16-7-10-18(11-8-16)26-23(31)33-22(19-14-17(25)9-12-20(19)29)24(2,3)13-5-4-6-21(30)27-32/h4,6-12,14,22,29,32H,5,13H2,1-3H3,(H,26,31)(H,27,30)/b6-4+/t22-/m0/s1. The van der Waals surface area contributed by atoms with Crippen LogP contribution in [0.4, 0.5) is 10.5 Å². The first-order valence-electron chi connectivity index (χ1n) is 10.2. The van der Waals surface area contributed by atoms with Crippen molar-refractivity contribution >= 4 is 39.4 Å². The summed E-state index contributed by atoms with van der Waals surface area (Å²) in [5.41, 5.74) is 2.28.